The summed E-state index contributed by atoms with van der Waals surface area (Å²) in [6.07, 6.45) is 0. The Kier molecular flexibility index (Phi) is 6.83. The molecule has 148 valence electrons. The first kappa shape index (κ1) is 20.9. The van der Waals surface area contributed by atoms with Gasteiger partial charge >= 0.3 is 0 Å². The average Bonchev–Trinajstić information content (AvgIpc) is 3.06. The van der Waals surface area contributed by atoms with Crippen molar-refractivity contribution in [1.82, 2.24) is 14.8 Å². The molecule has 1 aromatic heterocycles. The number of hydrogen-bond acceptors (Lipinski definition) is 4. The maximum atomic E-state index is 5.96. The summed E-state index contributed by atoms with van der Waals surface area (Å²) in [5, 5.41) is 9.63. The minimum atomic E-state index is 0.140. The van der Waals surface area contributed by atoms with E-state index in [4.69, 9.17) is 4.74 Å². The van der Waals surface area contributed by atoms with Crippen LogP contribution in [-0.2, 0) is 24.3 Å². The van der Waals surface area contributed by atoms with Gasteiger partial charge in [-0.05, 0) is 47.7 Å². The molecule has 3 rings (SSSR count). The Labute approximate surface area is 179 Å². The average molecular weight is 460 g/mol. The third-order valence-electron chi connectivity index (χ3n) is 4.45. The molecular formula is C22H26BrN3OS. The van der Waals surface area contributed by atoms with E-state index in [1.807, 2.05) is 18.2 Å². The molecule has 2 aromatic carbocycles. The number of hydrogen-bond donors (Lipinski definition) is 0. The number of nitrogens with zero attached hydrogens (tertiary/aromatic N) is 3. The van der Waals surface area contributed by atoms with Crippen LogP contribution < -0.4 is 4.74 Å². The first-order valence-corrected chi connectivity index (χ1v) is 11.2. The van der Waals surface area contributed by atoms with Gasteiger partial charge in [-0.25, -0.2) is 0 Å². The highest BCUT2D eigenvalue weighted by Crippen LogP contribution is 2.26. The fourth-order valence-electron chi connectivity index (χ4n) is 2.82. The van der Waals surface area contributed by atoms with Crippen LogP contribution in [0.15, 0.2) is 58.2 Å². The zero-order valence-electron chi connectivity index (χ0n) is 16.8. The van der Waals surface area contributed by atoms with Crippen molar-refractivity contribution < 1.29 is 4.74 Å². The summed E-state index contributed by atoms with van der Waals surface area (Å²) < 4.78 is 9.16. The van der Waals surface area contributed by atoms with E-state index in [9.17, 15) is 0 Å². The van der Waals surface area contributed by atoms with Crippen LogP contribution >= 0.6 is 27.7 Å². The number of benzene rings is 2. The summed E-state index contributed by atoms with van der Waals surface area (Å²) in [7, 11) is 0. The van der Waals surface area contributed by atoms with Crippen molar-refractivity contribution in [3.63, 3.8) is 0 Å². The van der Waals surface area contributed by atoms with E-state index < -0.39 is 0 Å². The first-order valence-electron chi connectivity index (χ1n) is 9.39. The molecule has 1 heterocycles. The molecule has 0 fully saturated rings. The third kappa shape index (κ3) is 5.39. The van der Waals surface area contributed by atoms with Crippen LogP contribution in [0, 0.1) is 0 Å². The third-order valence-corrected chi connectivity index (χ3v) is 5.99. The summed E-state index contributed by atoms with van der Waals surface area (Å²) in [6.45, 7) is 9.95. The molecule has 0 saturated heterocycles. The lowest BCUT2D eigenvalue weighted by Gasteiger charge is -2.19. The zero-order chi connectivity index (χ0) is 20.1. The topological polar surface area (TPSA) is 39.9 Å². The second kappa shape index (κ2) is 9.14. The second-order valence-corrected chi connectivity index (χ2v) is 9.48. The lowest BCUT2D eigenvalue weighted by Crippen LogP contribution is -2.11. The lowest BCUT2D eigenvalue weighted by atomic mass is 9.87. The van der Waals surface area contributed by atoms with Crippen molar-refractivity contribution in [1.29, 1.82) is 0 Å². The Morgan fingerprint density at radius 1 is 1.07 bits per heavy atom. The van der Waals surface area contributed by atoms with Crippen LogP contribution in [0.3, 0.4) is 0 Å². The van der Waals surface area contributed by atoms with Crippen molar-refractivity contribution >= 4 is 27.7 Å². The van der Waals surface area contributed by atoms with Gasteiger partial charge in [-0.3, -0.25) is 0 Å². The molecule has 0 aliphatic carbocycles. The van der Waals surface area contributed by atoms with Crippen LogP contribution in [0.25, 0.3) is 0 Å². The number of aromatic nitrogens is 3. The minimum Gasteiger partial charge on any atom is -0.486 e. The highest BCUT2D eigenvalue weighted by Gasteiger charge is 2.14. The van der Waals surface area contributed by atoms with Gasteiger partial charge in [0, 0.05) is 16.8 Å². The molecule has 0 atom stereocenters. The van der Waals surface area contributed by atoms with Crippen molar-refractivity contribution in [2.75, 3.05) is 0 Å². The Morgan fingerprint density at radius 3 is 2.46 bits per heavy atom. The van der Waals surface area contributed by atoms with Gasteiger partial charge < -0.3 is 9.30 Å². The molecule has 28 heavy (non-hydrogen) atoms. The monoisotopic (exact) mass is 459 g/mol. The Morgan fingerprint density at radius 2 is 1.82 bits per heavy atom. The molecule has 0 spiro atoms. The molecular weight excluding hydrogens is 434 g/mol. The lowest BCUT2D eigenvalue weighted by molar-refractivity contribution is 0.288. The van der Waals surface area contributed by atoms with Crippen LogP contribution in [0.1, 0.15) is 44.6 Å². The van der Waals surface area contributed by atoms with E-state index >= 15 is 0 Å². The summed E-state index contributed by atoms with van der Waals surface area (Å²) in [5.74, 6) is 2.55. The van der Waals surface area contributed by atoms with E-state index in [0.29, 0.717) is 6.61 Å². The predicted octanol–water partition coefficient (Wildman–Crippen LogP) is 6.23. The molecule has 0 bridgehead atoms. The van der Waals surface area contributed by atoms with Crippen molar-refractivity contribution in [2.45, 2.75) is 57.2 Å². The highest BCUT2D eigenvalue weighted by molar-refractivity contribution is 9.10. The molecule has 0 saturated carbocycles. The molecule has 0 radical (unpaired) electrons. The first-order chi connectivity index (χ1) is 13.4. The fourth-order valence-corrected chi connectivity index (χ4v) is 4.23. The predicted molar refractivity (Wildman–Crippen MR) is 119 cm³/mol. The van der Waals surface area contributed by atoms with Gasteiger partial charge in [-0.1, -0.05) is 72.7 Å². The van der Waals surface area contributed by atoms with E-state index in [1.165, 1.54) is 11.1 Å². The van der Waals surface area contributed by atoms with E-state index in [2.05, 4.69) is 88.7 Å². The molecule has 0 amide bonds. The van der Waals surface area contributed by atoms with Crippen molar-refractivity contribution in [3.8, 4) is 5.75 Å². The van der Waals surface area contributed by atoms with Crippen LogP contribution in [0.4, 0.5) is 0 Å². The SMILES string of the molecule is CCn1c(COc2ccc(C(C)(C)C)cc2)nnc1SCc1cccc(Br)c1. The number of ether oxygens (including phenoxy) is 1. The molecule has 4 nitrogen and oxygen atoms in total. The molecule has 0 N–H and O–H groups in total. The summed E-state index contributed by atoms with van der Waals surface area (Å²) in [4.78, 5) is 0. The van der Waals surface area contributed by atoms with Crippen LogP contribution in [0.2, 0.25) is 0 Å². The van der Waals surface area contributed by atoms with Gasteiger partial charge in [0.05, 0.1) is 0 Å². The Hall–Kier alpha value is -1.79. The number of thioether (sulfide) groups is 1. The summed E-state index contributed by atoms with van der Waals surface area (Å²) in [6, 6.07) is 16.6. The smallest absolute Gasteiger partial charge is 0.191 e. The molecule has 3 aromatic rings. The largest absolute Gasteiger partial charge is 0.486 e. The molecule has 6 heteroatoms. The van der Waals surface area contributed by atoms with Crippen molar-refractivity contribution in [2.24, 2.45) is 0 Å². The van der Waals surface area contributed by atoms with Crippen molar-refractivity contribution in [3.05, 3.63) is 70.0 Å². The quantitative estimate of drug-likeness (QED) is 0.392. The Balaban J connectivity index is 1.63. The summed E-state index contributed by atoms with van der Waals surface area (Å²) >= 11 is 5.21. The molecule has 0 aliphatic heterocycles. The van der Waals surface area contributed by atoms with Crippen LogP contribution in [0.5, 0.6) is 5.75 Å². The maximum Gasteiger partial charge on any atom is 0.191 e. The summed E-state index contributed by atoms with van der Waals surface area (Å²) in [5.41, 5.74) is 2.69. The highest BCUT2D eigenvalue weighted by atomic mass is 79.9. The molecule has 0 unspecified atom stereocenters. The van der Waals surface area contributed by atoms with Gasteiger partial charge in [0.1, 0.15) is 12.4 Å². The van der Waals surface area contributed by atoms with Gasteiger partial charge in [-0.2, -0.15) is 0 Å². The maximum absolute atomic E-state index is 5.96. The van der Waals surface area contributed by atoms with Crippen LogP contribution in [-0.4, -0.2) is 14.8 Å². The van der Waals surface area contributed by atoms with E-state index in [-0.39, 0.29) is 5.41 Å². The van der Waals surface area contributed by atoms with Gasteiger partial charge in [0.25, 0.3) is 0 Å². The second-order valence-electron chi connectivity index (χ2n) is 7.62. The number of halogens is 1. The zero-order valence-corrected chi connectivity index (χ0v) is 19.2. The number of rotatable bonds is 7. The minimum absolute atomic E-state index is 0.140. The normalized spacial score (nSPS) is 11.6. The van der Waals surface area contributed by atoms with Gasteiger partial charge in [-0.15, -0.1) is 10.2 Å². The van der Waals surface area contributed by atoms with Gasteiger partial charge in [0.15, 0.2) is 11.0 Å². The fraction of sp³-hybridized carbons (Fsp3) is 0.364. The van der Waals surface area contributed by atoms with Gasteiger partial charge in [0.2, 0.25) is 0 Å². The standard InChI is InChI=1S/C22H26BrN3OS/c1-5-26-20(14-27-19-11-9-17(10-12-19)22(2,3)4)24-25-21(26)28-15-16-7-6-8-18(23)13-16/h6-13H,5,14-15H2,1-4H3. The Bertz CT molecular complexity index is 916. The van der Waals surface area contributed by atoms with E-state index in [1.54, 1.807) is 11.8 Å². The molecule has 0 aliphatic rings. The van der Waals surface area contributed by atoms with E-state index in [0.717, 1.165) is 33.5 Å².